The van der Waals surface area contributed by atoms with E-state index in [1.54, 1.807) is 0 Å². The molecule has 2 rings (SSSR count). The lowest BCUT2D eigenvalue weighted by atomic mass is 10.0. The van der Waals surface area contributed by atoms with Crippen LogP contribution in [0.1, 0.15) is 26.3 Å². The van der Waals surface area contributed by atoms with E-state index in [0.29, 0.717) is 0 Å². The fourth-order valence-corrected chi connectivity index (χ4v) is 5.27. The Hall–Kier alpha value is -0.373. The van der Waals surface area contributed by atoms with Gasteiger partial charge >= 0.3 is 0 Å². The average molecular weight is 519 g/mol. The molecule has 0 bridgehead atoms. The topological polar surface area (TPSA) is 29.5 Å². The summed E-state index contributed by atoms with van der Waals surface area (Å²) in [5.74, 6) is 0.934. The van der Waals surface area contributed by atoms with Gasteiger partial charge in [-0.05, 0) is 76.1 Å². The lowest BCUT2D eigenvalue weighted by Gasteiger charge is -2.36. The van der Waals surface area contributed by atoms with Gasteiger partial charge in [0.1, 0.15) is 5.75 Å². The van der Waals surface area contributed by atoms with E-state index in [9.17, 15) is 5.11 Å². The van der Waals surface area contributed by atoms with Crippen LogP contribution in [0.25, 0.3) is 11.1 Å². The maximum Gasteiger partial charge on any atom is 0.250 e. The first-order chi connectivity index (χ1) is 11.0. The first-order valence-electron chi connectivity index (χ1n) is 7.93. The van der Waals surface area contributed by atoms with Crippen molar-refractivity contribution in [2.24, 2.45) is 0 Å². The van der Waals surface area contributed by atoms with Gasteiger partial charge in [0.15, 0.2) is 0 Å². The van der Waals surface area contributed by atoms with E-state index in [-0.39, 0.29) is 11.6 Å². The molecule has 1 N–H and O–H groups in total. The Morgan fingerprint density at radius 1 is 1.12 bits per heavy atom. The molecule has 0 unspecified atom stereocenters. The molecule has 0 aliphatic rings. The van der Waals surface area contributed by atoms with Crippen LogP contribution >= 0.6 is 38.5 Å². The molecule has 0 spiro atoms. The van der Waals surface area contributed by atoms with Gasteiger partial charge in [0.25, 0.3) is 0 Å². The quantitative estimate of drug-likeness (QED) is 0.365. The summed E-state index contributed by atoms with van der Waals surface area (Å²) in [6.45, 7) is 11.3. The van der Waals surface area contributed by atoms with Crippen molar-refractivity contribution in [1.82, 2.24) is 0 Å². The van der Waals surface area contributed by atoms with Crippen LogP contribution in [0.5, 0.6) is 5.75 Å². The van der Waals surface area contributed by atoms with Crippen molar-refractivity contribution in [2.45, 2.75) is 45.5 Å². The summed E-state index contributed by atoms with van der Waals surface area (Å²) in [5.41, 5.74) is 3.19. The highest BCUT2D eigenvalue weighted by molar-refractivity contribution is 14.1. The first-order valence-corrected chi connectivity index (χ1v) is 12.7. The first kappa shape index (κ1) is 19.9. The average Bonchev–Trinajstić information content (AvgIpc) is 2.46. The molecule has 2 aromatic carbocycles. The van der Waals surface area contributed by atoms with E-state index in [2.05, 4.69) is 96.7 Å². The zero-order valence-electron chi connectivity index (χ0n) is 14.8. The number of halogens is 2. The highest BCUT2D eigenvalue weighted by Gasteiger charge is 2.38. The molecule has 24 heavy (non-hydrogen) atoms. The molecule has 2 nitrogen and oxygen atoms in total. The molecule has 130 valence electrons. The highest BCUT2D eigenvalue weighted by atomic mass is 127. The van der Waals surface area contributed by atoms with E-state index in [1.807, 2.05) is 12.1 Å². The number of benzene rings is 2. The van der Waals surface area contributed by atoms with Gasteiger partial charge in [0.2, 0.25) is 8.32 Å². The minimum Gasteiger partial charge on any atom is -0.544 e. The van der Waals surface area contributed by atoms with Crippen molar-refractivity contribution in [3.05, 3.63) is 50.0 Å². The summed E-state index contributed by atoms with van der Waals surface area (Å²) < 4.78 is 8.46. The van der Waals surface area contributed by atoms with Crippen LogP contribution in [0, 0.1) is 3.57 Å². The Labute approximate surface area is 168 Å². The van der Waals surface area contributed by atoms with Gasteiger partial charge in [-0.15, -0.1) is 0 Å². The molecule has 0 heterocycles. The largest absolute Gasteiger partial charge is 0.544 e. The zero-order valence-corrected chi connectivity index (χ0v) is 19.5. The molecule has 0 aliphatic heterocycles. The normalized spacial score (nSPS) is 12.3. The van der Waals surface area contributed by atoms with Gasteiger partial charge in [0, 0.05) is 13.6 Å². The molecule has 0 saturated carbocycles. The Kier molecular flexibility index (Phi) is 6.21. The van der Waals surface area contributed by atoms with Crippen LogP contribution in [0.15, 0.2) is 40.9 Å². The van der Waals surface area contributed by atoms with E-state index in [4.69, 9.17) is 4.43 Å². The maximum atomic E-state index is 9.32. The van der Waals surface area contributed by atoms with E-state index in [1.165, 1.54) is 0 Å². The molecule has 2 aromatic rings. The van der Waals surface area contributed by atoms with Crippen LogP contribution in [-0.2, 0) is 6.61 Å². The number of hydrogen-bond acceptors (Lipinski definition) is 2. The maximum absolute atomic E-state index is 9.32. The van der Waals surface area contributed by atoms with Crippen molar-refractivity contribution in [3.8, 4) is 16.9 Å². The van der Waals surface area contributed by atoms with Crippen LogP contribution < -0.4 is 4.43 Å². The van der Waals surface area contributed by atoms with Crippen LogP contribution in [0.4, 0.5) is 0 Å². The Balaban J connectivity index is 2.31. The summed E-state index contributed by atoms with van der Waals surface area (Å²) in [7, 11) is -1.82. The van der Waals surface area contributed by atoms with Crippen molar-refractivity contribution in [2.75, 3.05) is 0 Å². The second kappa shape index (κ2) is 7.48. The molecular weight excluding hydrogens is 495 g/mol. The van der Waals surface area contributed by atoms with E-state index in [0.717, 1.165) is 30.5 Å². The van der Waals surface area contributed by atoms with Gasteiger partial charge in [-0.1, -0.05) is 48.8 Å². The molecular formula is C19H24BrIO2Si. The van der Waals surface area contributed by atoms with Crippen LogP contribution in [0.2, 0.25) is 18.1 Å². The molecule has 0 radical (unpaired) electrons. The van der Waals surface area contributed by atoms with Crippen molar-refractivity contribution in [3.63, 3.8) is 0 Å². The summed E-state index contributed by atoms with van der Waals surface area (Å²) in [5, 5.41) is 9.51. The molecule has 0 fully saturated rings. The van der Waals surface area contributed by atoms with Gasteiger partial charge < -0.3 is 9.53 Å². The fraction of sp³-hybridized carbons (Fsp3) is 0.368. The van der Waals surface area contributed by atoms with Gasteiger partial charge in [-0.3, -0.25) is 0 Å². The second-order valence-corrected chi connectivity index (χ2v) is 14.2. The molecule has 0 atom stereocenters. The van der Waals surface area contributed by atoms with E-state index >= 15 is 0 Å². The number of rotatable bonds is 4. The molecule has 0 saturated heterocycles. The minimum absolute atomic E-state index is 0.0498. The summed E-state index contributed by atoms with van der Waals surface area (Å²) in [6, 6.07) is 12.3. The third kappa shape index (κ3) is 4.42. The Morgan fingerprint density at radius 3 is 2.17 bits per heavy atom. The molecule has 0 aliphatic carbocycles. The summed E-state index contributed by atoms with van der Waals surface area (Å²) in [6.07, 6.45) is 0. The smallest absolute Gasteiger partial charge is 0.250 e. The number of aliphatic hydroxyl groups is 1. The fourth-order valence-electron chi connectivity index (χ4n) is 2.13. The van der Waals surface area contributed by atoms with Crippen LogP contribution in [0.3, 0.4) is 0 Å². The van der Waals surface area contributed by atoms with Crippen molar-refractivity contribution < 1.29 is 9.53 Å². The minimum atomic E-state index is -1.82. The standard InChI is InChI=1S/C19H24BrIO2Si/c1-19(2,3)24(4,5)23-15-8-6-14(7-9-15)18-16(20)10-13(12-22)11-17(18)21/h6-11,22H,12H2,1-5H3. The number of aliphatic hydroxyl groups excluding tert-OH is 1. The molecule has 0 aromatic heterocycles. The van der Waals surface area contributed by atoms with Crippen molar-refractivity contribution >= 4 is 46.8 Å². The second-order valence-electron chi connectivity index (χ2n) is 7.48. The SMILES string of the molecule is CC(C)(C)[Si](C)(C)Oc1ccc(-c2c(Br)cc(CO)cc2I)cc1. The molecule has 5 heteroatoms. The Bertz CT molecular complexity index is 698. The van der Waals surface area contributed by atoms with Gasteiger partial charge in [-0.2, -0.15) is 0 Å². The van der Waals surface area contributed by atoms with Gasteiger partial charge in [0.05, 0.1) is 6.61 Å². The van der Waals surface area contributed by atoms with Crippen LogP contribution in [-0.4, -0.2) is 13.4 Å². The third-order valence-corrected chi connectivity index (χ3v) is 10.4. The number of hydrogen-bond donors (Lipinski definition) is 1. The predicted octanol–water partition coefficient (Wildman–Crippen LogP) is 6.60. The lowest BCUT2D eigenvalue weighted by molar-refractivity contribution is 0.281. The van der Waals surface area contributed by atoms with Crippen molar-refractivity contribution in [1.29, 1.82) is 0 Å². The monoisotopic (exact) mass is 518 g/mol. The summed E-state index contributed by atoms with van der Waals surface area (Å²) >= 11 is 5.94. The van der Waals surface area contributed by atoms with Gasteiger partial charge in [-0.25, -0.2) is 0 Å². The Morgan fingerprint density at radius 2 is 1.71 bits per heavy atom. The molecule has 0 amide bonds. The van der Waals surface area contributed by atoms with E-state index < -0.39 is 8.32 Å². The summed E-state index contributed by atoms with van der Waals surface area (Å²) in [4.78, 5) is 0. The third-order valence-electron chi connectivity index (χ3n) is 4.61. The lowest BCUT2D eigenvalue weighted by Crippen LogP contribution is -2.43. The highest BCUT2D eigenvalue weighted by Crippen LogP contribution is 2.39. The zero-order chi connectivity index (χ0) is 18.1. The predicted molar refractivity (Wildman–Crippen MR) is 116 cm³/mol.